The van der Waals surface area contributed by atoms with Crippen LogP contribution in [0.4, 0.5) is 0 Å². The Labute approximate surface area is 186 Å². The largest absolute Gasteiger partial charge is 0.454 e. The van der Waals surface area contributed by atoms with Crippen LogP contribution in [0.2, 0.25) is 5.02 Å². The van der Waals surface area contributed by atoms with Crippen LogP contribution >= 0.6 is 11.6 Å². The zero-order valence-electron chi connectivity index (χ0n) is 16.9. The standard InChI is InChI=1S/C22H23ClN2O5S/c23-17-2-4-18(5-3-17)31(27,28)22(7-8-22)21(26)25-11-9-24(10-12-25)14-16-1-6-19-20(13-16)30-15-29-19/h1-6,13H,7-12,14-15H2. The average Bonchev–Trinajstić information content (AvgIpc) is 3.47. The molecule has 0 bridgehead atoms. The molecule has 1 amide bonds. The fourth-order valence-corrected chi connectivity index (χ4v) is 6.32. The lowest BCUT2D eigenvalue weighted by molar-refractivity contribution is -0.133. The second-order valence-corrected chi connectivity index (χ2v) is 10.9. The Hall–Kier alpha value is -2.29. The van der Waals surface area contributed by atoms with Crippen LogP contribution in [0.1, 0.15) is 18.4 Å². The minimum absolute atomic E-state index is 0.157. The predicted molar refractivity (Wildman–Crippen MR) is 115 cm³/mol. The van der Waals surface area contributed by atoms with Crippen LogP contribution in [0.3, 0.4) is 0 Å². The highest BCUT2D eigenvalue weighted by atomic mass is 35.5. The number of fused-ring (bicyclic) bond motifs is 1. The van der Waals surface area contributed by atoms with E-state index < -0.39 is 14.6 Å². The molecule has 2 fully saturated rings. The Bertz CT molecular complexity index is 1110. The first-order valence-electron chi connectivity index (χ1n) is 10.3. The van der Waals surface area contributed by atoms with Crippen molar-refractivity contribution in [3.05, 3.63) is 53.1 Å². The Kier molecular flexibility index (Phi) is 5.11. The number of nitrogens with zero attached hydrogens (tertiary/aromatic N) is 2. The molecule has 0 N–H and O–H groups in total. The number of carbonyl (C=O) groups excluding carboxylic acids is 1. The maximum atomic E-state index is 13.2. The summed E-state index contributed by atoms with van der Waals surface area (Å²) < 4.78 is 35.8. The van der Waals surface area contributed by atoms with Gasteiger partial charge < -0.3 is 14.4 Å². The Balaban J connectivity index is 1.23. The molecular weight excluding hydrogens is 440 g/mol. The summed E-state index contributed by atoms with van der Waals surface area (Å²) in [5, 5.41) is 0.466. The SMILES string of the molecule is O=C(N1CCN(Cc2ccc3c(c2)OCO3)CC1)C1(S(=O)(=O)c2ccc(Cl)cc2)CC1. The molecule has 0 aromatic heterocycles. The second-order valence-electron chi connectivity index (χ2n) is 8.21. The lowest BCUT2D eigenvalue weighted by Crippen LogP contribution is -2.53. The molecule has 0 radical (unpaired) electrons. The van der Waals surface area contributed by atoms with E-state index in [2.05, 4.69) is 4.90 Å². The number of halogens is 1. The van der Waals surface area contributed by atoms with Crippen molar-refractivity contribution in [3.8, 4) is 11.5 Å². The van der Waals surface area contributed by atoms with Crippen molar-refractivity contribution in [2.45, 2.75) is 29.0 Å². The van der Waals surface area contributed by atoms with Gasteiger partial charge in [-0.2, -0.15) is 0 Å². The van der Waals surface area contributed by atoms with Gasteiger partial charge in [-0.05, 0) is 54.8 Å². The number of hydrogen-bond acceptors (Lipinski definition) is 6. The van der Waals surface area contributed by atoms with Crippen LogP contribution in [-0.2, 0) is 21.2 Å². The van der Waals surface area contributed by atoms with Crippen molar-refractivity contribution in [3.63, 3.8) is 0 Å². The maximum Gasteiger partial charge on any atom is 0.244 e. The summed E-state index contributed by atoms with van der Waals surface area (Å²) in [7, 11) is -3.75. The van der Waals surface area contributed by atoms with Crippen molar-refractivity contribution in [1.29, 1.82) is 0 Å². The van der Waals surface area contributed by atoms with Gasteiger partial charge in [-0.1, -0.05) is 17.7 Å². The molecule has 1 saturated carbocycles. The molecular formula is C22H23ClN2O5S. The monoisotopic (exact) mass is 462 g/mol. The van der Waals surface area contributed by atoms with Crippen molar-refractivity contribution in [2.75, 3.05) is 33.0 Å². The number of ether oxygens (including phenoxy) is 2. The molecule has 5 rings (SSSR count). The van der Waals surface area contributed by atoms with E-state index in [-0.39, 0.29) is 17.6 Å². The van der Waals surface area contributed by atoms with Crippen molar-refractivity contribution in [2.24, 2.45) is 0 Å². The number of carbonyl (C=O) groups is 1. The number of hydrogen-bond donors (Lipinski definition) is 0. The first kappa shape index (κ1) is 20.6. The molecule has 0 unspecified atom stereocenters. The van der Waals surface area contributed by atoms with E-state index in [0.717, 1.165) is 23.6 Å². The molecule has 2 heterocycles. The van der Waals surface area contributed by atoms with Gasteiger partial charge in [0.15, 0.2) is 26.1 Å². The van der Waals surface area contributed by atoms with E-state index in [0.29, 0.717) is 44.0 Å². The van der Waals surface area contributed by atoms with Crippen molar-refractivity contribution < 1.29 is 22.7 Å². The minimum Gasteiger partial charge on any atom is -0.454 e. The number of rotatable bonds is 5. The third kappa shape index (κ3) is 3.66. The summed E-state index contributed by atoms with van der Waals surface area (Å²) >= 11 is 5.89. The molecule has 2 aliphatic heterocycles. The summed E-state index contributed by atoms with van der Waals surface area (Å²) in [5.74, 6) is 1.25. The number of sulfone groups is 1. The fourth-order valence-electron chi connectivity index (χ4n) is 4.25. The van der Waals surface area contributed by atoms with E-state index in [1.54, 1.807) is 17.0 Å². The molecule has 7 nitrogen and oxygen atoms in total. The van der Waals surface area contributed by atoms with Crippen LogP contribution in [0.15, 0.2) is 47.4 Å². The lowest BCUT2D eigenvalue weighted by Gasteiger charge is -2.36. The van der Waals surface area contributed by atoms with Gasteiger partial charge in [0.05, 0.1) is 4.90 Å². The van der Waals surface area contributed by atoms with E-state index >= 15 is 0 Å². The molecule has 0 spiro atoms. The topological polar surface area (TPSA) is 76.2 Å². The summed E-state index contributed by atoms with van der Waals surface area (Å²) in [6, 6.07) is 12.0. The quantitative estimate of drug-likeness (QED) is 0.680. The van der Waals surface area contributed by atoms with E-state index in [9.17, 15) is 13.2 Å². The summed E-state index contributed by atoms with van der Waals surface area (Å²) in [5.41, 5.74) is 1.12. The van der Waals surface area contributed by atoms with Gasteiger partial charge in [-0.15, -0.1) is 0 Å². The molecule has 31 heavy (non-hydrogen) atoms. The highest BCUT2D eigenvalue weighted by Crippen LogP contribution is 2.48. The van der Waals surface area contributed by atoms with Gasteiger partial charge in [0.2, 0.25) is 12.7 Å². The predicted octanol–water partition coefficient (Wildman–Crippen LogP) is 2.72. The highest BCUT2D eigenvalue weighted by molar-refractivity contribution is 7.94. The van der Waals surface area contributed by atoms with Gasteiger partial charge in [0.25, 0.3) is 0 Å². The number of amides is 1. The molecule has 3 aliphatic rings. The van der Waals surface area contributed by atoms with Crippen LogP contribution in [0.25, 0.3) is 0 Å². The third-order valence-corrected chi connectivity index (χ3v) is 8.99. The van der Waals surface area contributed by atoms with E-state index in [1.807, 2.05) is 18.2 Å². The van der Waals surface area contributed by atoms with Crippen LogP contribution < -0.4 is 9.47 Å². The number of benzene rings is 2. The van der Waals surface area contributed by atoms with Gasteiger partial charge in [0.1, 0.15) is 0 Å². The molecule has 1 aliphatic carbocycles. The van der Waals surface area contributed by atoms with Gasteiger partial charge in [-0.25, -0.2) is 8.42 Å². The summed E-state index contributed by atoms with van der Waals surface area (Å²) in [6.45, 7) is 3.41. The molecule has 1 saturated heterocycles. The average molecular weight is 463 g/mol. The fraction of sp³-hybridized carbons (Fsp3) is 0.409. The van der Waals surface area contributed by atoms with Crippen molar-refractivity contribution in [1.82, 2.24) is 9.80 Å². The Morgan fingerprint density at radius 2 is 1.65 bits per heavy atom. The van der Waals surface area contributed by atoms with E-state index in [1.165, 1.54) is 12.1 Å². The minimum atomic E-state index is -3.75. The zero-order valence-corrected chi connectivity index (χ0v) is 18.5. The molecule has 164 valence electrons. The molecule has 0 atom stereocenters. The van der Waals surface area contributed by atoms with Gasteiger partial charge in [-0.3, -0.25) is 9.69 Å². The van der Waals surface area contributed by atoms with E-state index in [4.69, 9.17) is 21.1 Å². The van der Waals surface area contributed by atoms with Gasteiger partial charge >= 0.3 is 0 Å². The van der Waals surface area contributed by atoms with Gasteiger partial charge in [0, 0.05) is 37.7 Å². The summed E-state index contributed by atoms with van der Waals surface area (Å²) in [6.07, 6.45) is 0.738. The smallest absolute Gasteiger partial charge is 0.244 e. The third-order valence-electron chi connectivity index (χ3n) is 6.23. The highest BCUT2D eigenvalue weighted by Gasteiger charge is 2.62. The molecule has 2 aromatic rings. The summed E-state index contributed by atoms with van der Waals surface area (Å²) in [4.78, 5) is 17.4. The molecule has 2 aromatic carbocycles. The first-order chi connectivity index (χ1) is 14.9. The zero-order chi connectivity index (χ0) is 21.6. The Morgan fingerprint density at radius 3 is 2.32 bits per heavy atom. The normalized spacial score (nSPS) is 20.0. The first-order valence-corrected chi connectivity index (χ1v) is 12.2. The van der Waals surface area contributed by atoms with Crippen LogP contribution in [0, 0.1) is 0 Å². The second kappa shape index (κ2) is 7.69. The molecule has 9 heteroatoms. The van der Waals surface area contributed by atoms with Crippen LogP contribution in [0.5, 0.6) is 11.5 Å². The van der Waals surface area contributed by atoms with Crippen molar-refractivity contribution >= 4 is 27.3 Å². The number of piperazine rings is 1. The Morgan fingerprint density at radius 1 is 0.968 bits per heavy atom. The maximum absolute atomic E-state index is 13.2. The lowest BCUT2D eigenvalue weighted by atomic mass is 10.1. The van der Waals surface area contributed by atoms with Crippen LogP contribution in [-0.4, -0.2) is 61.8 Å².